The van der Waals surface area contributed by atoms with E-state index in [1.165, 1.54) is 5.56 Å². The molecule has 0 saturated heterocycles. The summed E-state index contributed by atoms with van der Waals surface area (Å²) in [5.41, 5.74) is 3.10. The van der Waals surface area contributed by atoms with Crippen molar-refractivity contribution in [1.29, 1.82) is 0 Å². The minimum absolute atomic E-state index is 0.0561. The van der Waals surface area contributed by atoms with E-state index in [9.17, 15) is 0 Å². The van der Waals surface area contributed by atoms with Crippen molar-refractivity contribution in [2.24, 2.45) is 0 Å². The highest BCUT2D eigenvalue weighted by Gasteiger charge is 2.12. The Balaban J connectivity index is 1.47. The standard InChI is InChI=1S/C20H18BrN3O/c1-14(20-10-16-9-17(21)7-8-19(16)25-20)23-18-11-22-24(13-18)12-15-5-3-2-4-6-15/h2-11,13-14,23H,12H2,1H3. The van der Waals surface area contributed by atoms with E-state index < -0.39 is 0 Å². The molecule has 0 amide bonds. The smallest absolute Gasteiger partial charge is 0.134 e. The first-order valence-corrected chi connectivity index (χ1v) is 8.98. The Morgan fingerprint density at radius 1 is 1.16 bits per heavy atom. The highest BCUT2D eigenvalue weighted by Crippen LogP contribution is 2.28. The Morgan fingerprint density at radius 3 is 2.84 bits per heavy atom. The second-order valence-corrected chi connectivity index (χ2v) is 7.02. The van der Waals surface area contributed by atoms with Crippen LogP contribution in [0.4, 0.5) is 5.69 Å². The van der Waals surface area contributed by atoms with Crippen LogP contribution in [-0.2, 0) is 6.54 Å². The topological polar surface area (TPSA) is 43.0 Å². The van der Waals surface area contributed by atoms with E-state index in [-0.39, 0.29) is 6.04 Å². The van der Waals surface area contributed by atoms with E-state index in [1.807, 2.05) is 47.4 Å². The zero-order valence-corrected chi connectivity index (χ0v) is 15.4. The maximum Gasteiger partial charge on any atom is 0.134 e. The van der Waals surface area contributed by atoms with Gasteiger partial charge in [0.2, 0.25) is 0 Å². The van der Waals surface area contributed by atoms with Crippen molar-refractivity contribution in [2.75, 3.05) is 5.32 Å². The van der Waals surface area contributed by atoms with Crippen molar-refractivity contribution in [3.05, 3.63) is 82.8 Å². The molecule has 4 aromatic rings. The summed E-state index contributed by atoms with van der Waals surface area (Å²) in [6.45, 7) is 2.84. The third kappa shape index (κ3) is 3.61. The van der Waals surface area contributed by atoms with Gasteiger partial charge in [0.05, 0.1) is 24.5 Å². The summed E-state index contributed by atoms with van der Waals surface area (Å²) in [6, 6.07) is 18.5. The van der Waals surface area contributed by atoms with Crippen LogP contribution in [0.2, 0.25) is 0 Å². The molecule has 0 aliphatic rings. The predicted molar refractivity (Wildman–Crippen MR) is 104 cm³/mol. The van der Waals surface area contributed by atoms with Crippen LogP contribution < -0.4 is 5.32 Å². The summed E-state index contributed by atoms with van der Waals surface area (Å²) in [4.78, 5) is 0. The highest BCUT2D eigenvalue weighted by atomic mass is 79.9. The lowest BCUT2D eigenvalue weighted by molar-refractivity contribution is 0.526. The van der Waals surface area contributed by atoms with Gasteiger partial charge in [0, 0.05) is 16.1 Å². The van der Waals surface area contributed by atoms with Gasteiger partial charge in [-0.05, 0) is 36.8 Å². The van der Waals surface area contributed by atoms with Gasteiger partial charge in [-0.1, -0.05) is 46.3 Å². The molecule has 0 aliphatic heterocycles. The van der Waals surface area contributed by atoms with Crippen molar-refractivity contribution in [2.45, 2.75) is 19.5 Å². The summed E-state index contributed by atoms with van der Waals surface area (Å²) in [5.74, 6) is 0.906. The maximum atomic E-state index is 5.95. The largest absolute Gasteiger partial charge is 0.459 e. The first-order valence-electron chi connectivity index (χ1n) is 8.19. The number of anilines is 1. The Morgan fingerprint density at radius 2 is 2.00 bits per heavy atom. The Kier molecular flexibility index (Phi) is 4.32. The van der Waals surface area contributed by atoms with E-state index in [0.29, 0.717) is 0 Å². The Hall–Kier alpha value is -2.53. The van der Waals surface area contributed by atoms with Gasteiger partial charge in [-0.15, -0.1) is 0 Å². The maximum absolute atomic E-state index is 5.95. The summed E-state index contributed by atoms with van der Waals surface area (Å²) in [7, 11) is 0. The number of hydrogen-bond acceptors (Lipinski definition) is 3. The lowest BCUT2D eigenvalue weighted by Gasteiger charge is -2.10. The molecule has 2 aromatic heterocycles. The molecule has 0 radical (unpaired) electrons. The van der Waals surface area contributed by atoms with Crippen molar-refractivity contribution < 1.29 is 4.42 Å². The van der Waals surface area contributed by atoms with E-state index in [0.717, 1.165) is 33.4 Å². The van der Waals surface area contributed by atoms with Gasteiger partial charge in [0.1, 0.15) is 11.3 Å². The summed E-state index contributed by atoms with van der Waals surface area (Å²) in [6.07, 6.45) is 3.86. The third-order valence-corrected chi connectivity index (χ3v) is 4.62. The summed E-state index contributed by atoms with van der Waals surface area (Å²) < 4.78 is 8.93. The number of rotatable bonds is 5. The van der Waals surface area contributed by atoms with Gasteiger partial charge in [0.15, 0.2) is 0 Å². The Labute approximate surface area is 154 Å². The number of nitrogens with zero attached hydrogens (tertiary/aromatic N) is 2. The van der Waals surface area contributed by atoms with Crippen molar-refractivity contribution in [1.82, 2.24) is 9.78 Å². The van der Waals surface area contributed by atoms with Gasteiger partial charge >= 0.3 is 0 Å². The summed E-state index contributed by atoms with van der Waals surface area (Å²) in [5, 5.41) is 8.98. The van der Waals surface area contributed by atoms with Crippen LogP contribution >= 0.6 is 15.9 Å². The van der Waals surface area contributed by atoms with Gasteiger partial charge in [-0.3, -0.25) is 4.68 Å². The fourth-order valence-electron chi connectivity index (χ4n) is 2.86. The van der Waals surface area contributed by atoms with Gasteiger partial charge in [0.25, 0.3) is 0 Å². The molecule has 0 spiro atoms. The molecule has 126 valence electrons. The zero-order chi connectivity index (χ0) is 17.2. The van der Waals surface area contributed by atoms with Crippen molar-refractivity contribution in [3.8, 4) is 0 Å². The van der Waals surface area contributed by atoms with Gasteiger partial charge < -0.3 is 9.73 Å². The molecule has 0 bridgehead atoms. The zero-order valence-electron chi connectivity index (χ0n) is 13.8. The number of fused-ring (bicyclic) bond motifs is 1. The molecular formula is C20H18BrN3O. The third-order valence-electron chi connectivity index (χ3n) is 4.13. The monoisotopic (exact) mass is 395 g/mol. The lowest BCUT2D eigenvalue weighted by atomic mass is 10.2. The molecule has 0 aliphatic carbocycles. The van der Waals surface area contributed by atoms with Crippen LogP contribution in [0.25, 0.3) is 11.0 Å². The number of halogens is 1. The molecular weight excluding hydrogens is 378 g/mol. The molecule has 5 heteroatoms. The first-order chi connectivity index (χ1) is 12.2. The van der Waals surface area contributed by atoms with Crippen LogP contribution in [0.5, 0.6) is 0 Å². The number of nitrogens with one attached hydrogen (secondary N) is 1. The minimum Gasteiger partial charge on any atom is -0.459 e. The molecule has 2 heterocycles. The molecule has 1 N–H and O–H groups in total. The average Bonchev–Trinajstić information content (AvgIpc) is 3.22. The lowest BCUT2D eigenvalue weighted by Crippen LogP contribution is -2.05. The molecule has 0 fully saturated rings. The molecule has 2 aromatic carbocycles. The van der Waals surface area contributed by atoms with Crippen LogP contribution in [0.15, 0.2) is 75.9 Å². The molecule has 1 atom stereocenters. The fraction of sp³-hybridized carbons (Fsp3) is 0.150. The van der Waals surface area contributed by atoms with Crippen LogP contribution in [0, 0.1) is 0 Å². The second-order valence-electron chi connectivity index (χ2n) is 6.11. The molecule has 4 nitrogen and oxygen atoms in total. The molecule has 4 rings (SSSR count). The average molecular weight is 396 g/mol. The van der Waals surface area contributed by atoms with E-state index in [1.54, 1.807) is 0 Å². The van der Waals surface area contributed by atoms with Gasteiger partial charge in [-0.2, -0.15) is 5.10 Å². The molecule has 0 saturated carbocycles. The van der Waals surface area contributed by atoms with Gasteiger partial charge in [-0.25, -0.2) is 0 Å². The van der Waals surface area contributed by atoms with Crippen molar-refractivity contribution in [3.63, 3.8) is 0 Å². The van der Waals surface area contributed by atoms with E-state index >= 15 is 0 Å². The molecule has 1 unspecified atom stereocenters. The summed E-state index contributed by atoms with van der Waals surface area (Å²) >= 11 is 3.49. The van der Waals surface area contributed by atoms with Crippen molar-refractivity contribution >= 4 is 32.6 Å². The van der Waals surface area contributed by atoms with Crippen LogP contribution in [-0.4, -0.2) is 9.78 Å². The number of furan rings is 1. The predicted octanol–water partition coefficient (Wildman–Crippen LogP) is 5.61. The normalized spacial score (nSPS) is 12.4. The number of aromatic nitrogens is 2. The number of benzene rings is 2. The first kappa shape index (κ1) is 16.0. The van der Waals surface area contributed by atoms with E-state index in [4.69, 9.17) is 4.42 Å². The second kappa shape index (κ2) is 6.76. The van der Waals surface area contributed by atoms with Crippen LogP contribution in [0.3, 0.4) is 0 Å². The minimum atomic E-state index is 0.0561. The SMILES string of the molecule is CC(Nc1cnn(Cc2ccccc2)c1)c1cc2cc(Br)ccc2o1. The van der Waals surface area contributed by atoms with Crippen LogP contribution in [0.1, 0.15) is 24.3 Å². The quantitative estimate of drug-likeness (QED) is 0.477. The molecule has 25 heavy (non-hydrogen) atoms. The highest BCUT2D eigenvalue weighted by molar-refractivity contribution is 9.10. The van der Waals surface area contributed by atoms with E-state index in [2.05, 4.69) is 57.5 Å². The number of hydrogen-bond donors (Lipinski definition) is 1. The Bertz CT molecular complexity index is 991. The fourth-order valence-corrected chi connectivity index (χ4v) is 3.24.